The highest BCUT2D eigenvalue weighted by Gasteiger charge is 2.23. The first-order chi connectivity index (χ1) is 13.6. The summed E-state index contributed by atoms with van der Waals surface area (Å²) in [6.07, 6.45) is 1.71. The SMILES string of the molecule is CC(C)c1cnc(NC(=O)Cc2csc(NN(CC=O)C(=O)OC(C)(C)C)n2)s1. The highest BCUT2D eigenvalue weighted by molar-refractivity contribution is 7.15. The quantitative estimate of drug-likeness (QED) is 0.476. The average Bonchev–Trinajstić information content (AvgIpc) is 3.22. The molecule has 2 rings (SSSR count). The van der Waals surface area contributed by atoms with Crippen molar-refractivity contribution in [1.82, 2.24) is 15.0 Å². The Bertz CT molecular complexity index is 857. The maximum absolute atomic E-state index is 12.2. The van der Waals surface area contributed by atoms with E-state index in [1.807, 2.05) is 0 Å². The predicted molar refractivity (Wildman–Crippen MR) is 113 cm³/mol. The van der Waals surface area contributed by atoms with Crippen molar-refractivity contribution in [3.05, 3.63) is 22.1 Å². The van der Waals surface area contributed by atoms with E-state index in [2.05, 4.69) is 34.6 Å². The van der Waals surface area contributed by atoms with E-state index in [0.29, 0.717) is 28.2 Å². The standard InChI is InChI=1S/C18H25N5O4S2/c1-11(2)13-9-19-15(29-13)21-14(25)8-12-10-28-16(20-12)22-23(6-7-24)17(26)27-18(3,4)5/h7,9-11H,6,8H2,1-5H3,(H,20,22)(H,19,21,25). The molecule has 2 amide bonds. The highest BCUT2D eigenvalue weighted by Crippen LogP contribution is 2.25. The summed E-state index contributed by atoms with van der Waals surface area (Å²) in [5.74, 6) is 0.119. The Kier molecular flexibility index (Phi) is 7.68. The molecule has 0 bridgehead atoms. The van der Waals surface area contributed by atoms with Gasteiger partial charge in [-0.2, -0.15) is 0 Å². The number of amides is 2. The van der Waals surface area contributed by atoms with Crippen LogP contribution in [0.4, 0.5) is 15.1 Å². The molecule has 0 saturated carbocycles. The van der Waals surface area contributed by atoms with Crippen LogP contribution in [0.25, 0.3) is 0 Å². The maximum Gasteiger partial charge on any atom is 0.429 e. The van der Waals surface area contributed by atoms with Gasteiger partial charge in [0.2, 0.25) is 11.0 Å². The molecule has 2 aromatic heterocycles. The number of hydrogen-bond acceptors (Lipinski definition) is 9. The van der Waals surface area contributed by atoms with Gasteiger partial charge in [0, 0.05) is 16.5 Å². The second-order valence-corrected chi connectivity index (χ2v) is 9.38. The molecular formula is C18H25N5O4S2. The van der Waals surface area contributed by atoms with Gasteiger partial charge < -0.3 is 14.8 Å². The van der Waals surface area contributed by atoms with Crippen LogP contribution in [0.3, 0.4) is 0 Å². The summed E-state index contributed by atoms with van der Waals surface area (Å²) < 4.78 is 5.25. The van der Waals surface area contributed by atoms with E-state index in [9.17, 15) is 14.4 Å². The summed E-state index contributed by atoms with van der Waals surface area (Å²) in [7, 11) is 0. The van der Waals surface area contributed by atoms with Gasteiger partial charge in [-0.05, 0) is 26.7 Å². The molecule has 0 aliphatic rings. The lowest BCUT2D eigenvalue weighted by atomic mass is 10.2. The van der Waals surface area contributed by atoms with Crippen LogP contribution in [0, 0.1) is 0 Å². The number of thiazole rings is 2. The number of aldehydes is 1. The van der Waals surface area contributed by atoms with Gasteiger partial charge in [0.05, 0.1) is 12.1 Å². The van der Waals surface area contributed by atoms with E-state index in [0.717, 1.165) is 9.89 Å². The van der Waals surface area contributed by atoms with Gasteiger partial charge in [-0.15, -0.1) is 22.7 Å². The van der Waals surface area contributed by atoms with Crippen molar-refractivity contribution in [2.24, 2.45) is 0 Å². The Hall–Kier alpha value is -2.53. The number of carbonyl (C=O) groups is 3. The number of aromatic nitrogens is 2. The van der Waals surface area contributed by atoms with Gasteiger partial charge in [-0.1, -0.05) is 13.8 Å². The Morgan fingerprint density at radius 3 is 2.62 bits per heavy atom. The summed E-state index contributed by atoms with van der Waals surface area (Å²) in [4.78, 5) is 44.9. The topological polar surface area (TPSA) is 114 Å². The molecule has 2 N–H and O–H groups in total. The summed E-state index contributed by atoms with van der Waals surface area (Å²) in [6.45, 7) is 9.12. The first-order valence-electron chi connectivity index (χ1n) is 8.98. The van der Waals surface area contributed by atoms with Crippen molar-refractivity contribution in [1.29, 1.82) is 0 Å². The molecule has 11 heteroatoms. The smallest absolute Gasteiger partial charge is 0.429 e. The van der Waals surface area contributed by atoms with Gasteiger partial charge in [-0.25, -0.2) is 19.8 Å². The molecule has 0 fully saturated rings. The van der Waals surface area contributed by atoms with Crippen molar-refractivity contribution >= 4 is 51.2 Å². The molecule has 0 atom stereocenters. The lowest BCUT2D eigenvalue weighted by Crippen LogP contribution is -2.41. The number of ether oxygens (including phenoxy) is 1. The van der Waals surface area contributed by atoms with Crippen molar-refractivity contribution in [3.63, 3.8) is 0 Å². The zero-order valence-electron chi connectivity index (χ0n) is 17.0. The van der Waals surface area contributed by atoms with Crippen molar-refractivity contribution < 1.29 is 19.1 Å². The summed E-state index contributed by atoms with van der Waals surface area (Å²) in [5.41, 5.74) is 2.59. The van der Waals surface area contributed by atoms with Crippen LogP contribution in [0.1, 0.15) is 51.1 Å². The largest absolute Gasteiger partial charge is 0.442 e. The van der Waals surface area contributed by atoms with Gasteiger partial charge in [0.1, 0.15) is 18.4 Å². The minimum Gasteiger partial charge on any atom is -0.442 e. The minimum atomic E-state index is -0.697. The lowest BCUT2D eigenvalue weighted by Gasteiger charge is -2.26. The molecule has 0 spiro atoms. The van der Waals surface area contributed by atoms with Crippen LogP contribution in [0.15, 0.2) is 11.6 Å². The second-order valence-electron chi connectivity index (χ2n) is 7.46. The number of hydrazine groups is 1. The number of anilines is 2. The minimum absolute atomic E-state index is 0.0644. The molecule has 2 aromatic rings. The number of rotatable bonds is 8. The molecule has 0 unspecified atom stereocenters. The fourth-order valence-electron chi connectivity index (χ4n) is 2.05. The van der Waals surface area contributed by atoms with Crippen LogP contribution < -0.4 is 10.7 Å². The fourth-order valence-corrected chi connectivity index (χ4v) is 3.60. The third-order valence-corrected chi connectivity index (χ3v) is 5.34. The number of nitrogens with zero attached hydrogens (tertiary/aromatic N) is 3. The number of carbonyl (C=O) groups excluding carboxylic acids is 3. The van der Waals surface area contributed by atoms with E-state index in [1.165, 1.54) is 22.7 Å². The molecule has 29 heavy (non-hydrogen) atoms. The molecule has 158 valence electrons. The van der Waals surface area contributed by atoms with Gasteiger partial charge in [0.25, 0.3) is 0 Å². The molecule has 0 radical (unpaired) electrons. The van der Waals surface area contributed by atoms with E-state index >= 15 is 0 Å². The maximum atomic E-state index is 12.2. The van der Waals surface area contributed by atoms with Crippen molar-refractivity contribution in [3.8, 4) is 0 Å². The van der Waals surface area contributed by atoms with Crippen LogP contribution in [-0.4, -0.2) is 45.4 Å². The van der Waals surface area contributed by atoms with Crippen molar-refractivity contribution in [2.45, 2.75) is 52.6 Å². The van der Waals surface area contributed by atoms with Gasteiger partial charge in [0.15, 0.2) is 5.13 Å². The summed E-state index contributed by atoms with van der Waals surface area (Å²) >= 11 is 2.66. The first-order valence-corrected chi connectivity index (χ1v) is 10.7. The Morgan fingerprint density at radius 2 is 2.03 bits per heavy atom. The monoisotopic (exact) mass is 439 g/mol. The van der Waals surface area contributed by atoms with Gasteiger partial charge >= 0.3 is 6.09 Å². The molecule has 0 aliphatic heterocycles. The fraction of sp³-hybridized carbons (Fsp3) is 0.500. The highest BCUT2D eigenvalue weighted by atomic mass is 32.1. The Labute approximate surface area is 177 Å². The van der Waals surface area contributed by atoms with Crippen molar-refractivity contribution in [2.75, 3.05) is 17.3 Å². The average molecular weight is 440 g/mol. The van der Waals surface area contributed by atoms with Crippen LogP contribution in [0.5, 0.6) is 0 Å². The van der Waals surface area contributed by atoms with E-state index in [4.69, 9.17) is 4.74 Å². The zero-order valence-corrected chi connectivity index (χ0v) is 18.6. The van der Waals surface area contributed by atoms with Gasteiger partial charge in [-0.3, -0.25) is 10.2 Å². The molecule has 0 aliphatic carbocycles. The molecule has 2 heterocycles. The number of hydrogen-bond donors (Lipinski definition) is 2. The molecule has 0 aromatic carbocycles. The van der Waals surface area contributed by atoms with Crippen LogP contribution >= 0.6 is 22.7 Å². The summed E-state index contributed by atoms with van der Waals surface area (Å²) in [6, 6.07) is 0. The van der Waals surface area contributed by atoms with Crippen LogP contribution in [0.2, 0.25) is 0 Å². The molecule has 0 saturated heterocycles. The zero-order chi connectivity index (χ0) is 21.6. The third kappa shape index (κ3) is 7.42. The van der Waals surface area contributed by atoms with Crippen LogP contribution in [-0.2, 0) is 20.7 Å². The van der Waals surface area contributed by atoms with E-state index < -0.39 is 11.7 Å². The third-order valence-electron chi connectivity index (χ3n) is 3.33. The molecule has 9 nitrogen and oxygen atoms in total. The predicted octanol–water partition coefficient (Wildman–Crippen LogP) is 3.67. The van der Waals surface area contributed by atoms with E-state index in [1.54, 1.807) is 32.3 Å². The Balaban J connectivity index is 1.95. The second kappa shape index (κ2) is 9.79. The summed E-state index contributed by atoms with van der Waals surface area (Å²) in [5, 5.41) is 6.42. The first kappa shape index (κ1) is 22.8. The lowest BCUT2D eigenvalue weighted by molar-refractivity contribution is -0.115. The molecular weight excluding hydrogens is 414 g/mol. The van der Waals surface area contributed by atoms with E-state index in [-0.39, 0.29) is 18.9 Å². The number of nitrogens with one attached hydrogen (secondary N) is 2. The Morgan fingerprint density at radius 1 is 1.31 bits per heavy atom. The normalized spacial score (nSPS) is 11.2.